The number of sulfone groups is 1. The van der Waals surface area contributed by atoms with Gasteiger partial charge in [-0.3, -0.25) is 4.79 Å². The van der Waals surface area contributed by atoms with E-state index in [-0.39, 0.29) is 23.8 Å². The van der Waals surface area contributed by atoms with Gasteiger partial charge in [-0.2, -0.15) is 0 Å². The molecular formula is C23H24N4O4S2. The molecule has 0 radical (unpaired) electrons. The number of phenolic OH excluding ortho intramolecular Hbond substituents is 1. The van der Waals surface area contributed by atoms with Crippen LogP contribution in [-0.4, -0.2) is 36.7 Å². The number of amides is 1. The van der Waals surface area contributed by atoms with Gasteiger partial charge in [0, 0.05) is 28.8 Å². The van der Waals surface area contributed by atoms with E-state index in [2.05, 4.69) is 34.0 Å². The molecule has 1 aromatic heterocycles. The van der Waals surface area contributed by atoms with E-state index in [0.29, 0.717) is 41.3 Å². The highest BCUT2D eigenvalue weighted by atomic mass is 32.2. The maximum absolute atomic E-state index is 12.1. The minimum Gasteiger partial charge on any atom is -0.506 e. The lowest BCUT2D eigenvalue weighted by molar-refractivity contribution is -0.116. The maximum atomic E-state index is 12.1. The number of phenols is 1. The summed E-state index contributed by atoms with van der Waals surface area (Å²) in [4.78, 5) is 16.2. The number of nitrogens with two attached hydrogens (primary N) is 1. The molecule has 0 saturated heterocycles. The Hall–Kier alpha value is -3.55. The van der Waals surface area contributed by atoms with Crippen LogP contribution in [0.4, 0.5) is 16.5 Å². The standard InChI is InChI=1S/C23H24N4O4S2/c1-2-33(30,31)12-4-3-10-21(29)26-18-9-5-8-17(15-18)25-11-6-7-16-13-19(28)22-20(14-16)32-23(24)27-22/h2,5,8-9,13-15,25,28H,1,3-4,10-12H2,(H2,24,27)(H,26,29). The molecule has 0 saturated carbocycles. The van der Waals surface area contributed by atoms with Crippen molar-refractivity contribution in [3.8, 4) is 17.6 Å². The summed E-state index contributed by atoms with van der Waals surface area (Å²) in [6.07, 6.45) is 1.11. The normalized spacial score (nSPS) is 10.9. The first-order chi connectivity index (χ1) is 15.8. The Labute approximate surface area is 196 Å². The molecule has 0 unspecified atom stereocenters. The van der Waals surface area contributed by atoms with Gasteiger partial charge in [-0.05, 0) is 43.2 Å². The number of unbranched alkanes of at least 4 members (excludes halogenated alkanes) is 1. The molecule has 0 aliphatic rings. The predicted molar refractivity (Wildman–Crippen MR) is 134 cm³/mol. The van der Waals surface area contributed by atoms with Gasteiger partial charge in [-0.1, -0.05) is 35.8 Å². The van der Waals surface area contributed by atoms with Crippen LogP contribution < -0.4 is 16.4 Å². The largest absolute Gasteiger partial charge is 0.506 e. The van der Waals surface area contributed by atoms with Crippen molar-refractivity contribution in [2.75, 3.05) is 28.7 Å². The van der Waals surface area contributed by atoms with Crippen molar-refractivity contribution < 1.29 is 18.3 Å². The number of nitrogens with one attached hydrogen (secondary N) is 2. The van der Waals surface area contributed by atoms with Crippen molar-refractivity contribution in [3.63, 3.8) is 0 Å². The first kappa shape index (κ1) is 24.1. The van der Waals surface area contributed by atoms with Gasteiger partial charge in [0.25, 0.3) is 0 Å². The van der Waals surface area contributed by atoms with Gasteiger partial charge < -0.3 is 21.5 Å². The quantitative estimate of drug-likeness (QED) is 0.269. The Balaban J connectivity index is 1.50. The van der Waals surface area contributed by atoms with E-state index in [1.54, 1.807) is 18.2 Å². The summed E-state index contributed by atoms with van der Waals surface area (Å²) in [7, 11) is -3.23. The van der Waals surface area contributed by atoms with Gasteiger partial charge in [-0.15, -0.1) is 0 Å². The number of anilines is 3. The molecule has 3 rings (SSSR count). The number of nitrogen functional groups attached to an aromatic ring is 1. The Bertz CT molecular complexity index is 1340. The second-order valence-corrected chi connectivity index (χ2v) is 10.3. The van der Waals surface area contributed by atoms with Crippen LogP contribution in [0.1, 0.15) is 24.8 Å². The average molecular weight is 485 g/mol. The Morgan fingerprint density at radius 3 is 2.82 bits per heavy atom. The maximum Gasteiger partial charge on any atom is 0.224 e. The number of aromatic hydroxyl groups is 1. The van der Waals surface area contributed by atoms with Crippen LogP contribution in [0.3, 0.4) is 0 Å². The number of rotatable bonds is 9. The second-order valence-electron chi connectivity index (χ2n) is 7.17. The van der Waals surface area contributed by atoms with Crippen molar-refractivity contribution in [1.29, 1.82) is 0 Å². The fraction of sp³-hybridized carbons (Fsp3) is 0.217. The first-order valence-electron chi connectivity index (χ1n) is 10.1. The van der Waals surface area contributed by atoms with E-state index < -0.39 is 9.84 Å². The summed E-state index contributed by atoms with van der Waals surface area (Å²) in [5.41, 5.74) is 8.24. The molecular weight excluding hydrogens is 460 g/mol. The van der Waals surface area contributed by atoms with Crippen LogP contribution in [0.25, 0.3) is 10.2 Å². The number of hydrogen-bond acceptors (Lipinski definition) is 8. The molecule has 2 aromatic carbocycles. The van der Waals surface area contributed by atoms with Crippen molar-refractivity contribution in [2.45, 2.75) is 19.3 Å². The summed E-state index contributed by atoms with van der Waals surface area (Å²) in [5, 5.41) is 17.4. The first-order valence-corrected chi connectivity index (χ1v) is 12.7. The van der Waals surface area contributed by atoms with Gasteiger partial charge in [0.2, 0.25) is 5.91 Å². The molecule has 0 aliphatic heterocycles. The van der Waals surface area contributed by atoms with Gasteiger partial charge in [0.15, 0.2) is 15.0 Å². The zero-order valence-corrected chi connectivity index (χ0v) is 19.4. The molecule has 33 heavy (non-hydrogen) atoms. The highest BCUT2D eigenvalue weighted by molar-refractivity contribution is 7.94. The van der Waals surface area contributed by atoms with Crippen LogP contribution in [0.15, 0.2) is 48.4 Å². The van der Waals surface area contributed by atoms with Crippen molar-refractivity contribution >= 4 is 53.8 Å². The lowest BCUT2D eigenvalue weighted by Gasteiger charge is -2.08. The van der Waals surface area contributed by atoms with Crippen LogP contribution in [0, 0.1) is 11.8 Å². The smallest absolute Gasteiger partial charge is 0.224 e. The number of fused-ring (bicyclic) bond motifs is 1. The zero-order valence-electron chi connectivity index (χ0n) is 17.8. The average Bonchev–Trinajstić information content (AvgIpc) is 3.15. The van der Waals surface area contributed by atoms with Crippen LogP contribution in [0.2, 0.25) is 0 Å². The number of nitrogens with zero attached hydrogens (tertiary/aromatic N) is 1. The molecule has 0 spiro atoms. The molecule has 1 amide bonds. The van der Waals surface area contributed by atoms with Crippen molar-refractivity contribution in [2.24, 2.45) is 0 Å². The molecule has 10 heteroatoms. The highest BCUT2D eigenvalue weighted by Gasteiger charge is 2.08. The zero-order chi connectivity index (χ0) is 23.8. The van der Waals surface area contributed by atoms with Crippen molar-refractivity contribution in [3.05, 3.63) is 53.9 Å². The minimum absolute atomic E-state index is 0.00400. The molecule has 5 N–H and O–H groups in total. The molecule has 0 aliphatic carbocycles. The van der Waals surface area contributed by atoms with Crippen LogP contribution in [-0.2, 0) is 14.6 Å². The summed E-state index contributed by atoms with van der Waals surface area (Å²) in [6.45, 7) is 3.63. The van der Waals surface area contributed by atoms with Crippen LogP contribution in [0.5, 0.6) is 5.75 Å². The van der Waals surface area contributed by atoms with Gasteiger partial charge in [0.1, 0.15) is 11.3 Å². The fourth-order valence-corrected chi connectivity index (χ4v) is 4.56. The predicted octanol–water partition coefficient (Wildman–Crippen LogP) is 3.71. The molecule has 0 atom stereocenters. The number of hydrogen-bond donors (Lipinski definition) is 4. The van der Waals surface area contributed by atoms with E-state index in [9.17, 15) is 18.3 Å². The summed E-state index contributed by atoms with van der Waals surface area (Å²) in [6, 6.07) is 10.6. The molecule has 3 aromatic rings. The Morgan fingerprint density at radius 1 is 1.24 bits per heavy atom. The van der Waals surface area contributed by atoms with Gasteiger partial charge in [0.05, 0.1) is 17.0 Å². The second kappa shape index (κ2) is 10.8. The molecule has 1 heterocycles. The monoisotopic (exact) mass is 484 g/mol. The molecule has 8 nitrogen and oxygen atoms in total. The van der Waals surface area contributed by atoms with Crippen LogP contribution >= 0.6 is 11.3 Å². The van der Waals surface area contributed by atoms with E-state index in [0.717, 1.165) is 15.8 Å². The van der Waals surface area contributed by atoms with E-state index in [1.807, 2.05) is 18.2 Å². The van der Waals surface area contributed by atoms with Crippen molar-refractivity contribution in [1.82, 2.24) is 4.98 Å². The molecule has 172 valence electrons. The lowest BCUT2D eigenvalue weighted by Crippen LogP contribution is -2.12. The number of aromatic nitrogens is 1. The van der Waals surface area contributed by atoms with E-state index in [4.69, 9.17) is 5.73 Å². The summed E-state index contributed by atoms with van der Waals surface area (Å²) in [5.74, 6) is 5.85. The van der Waals surface area contributed by atoms with E-state index >= 15 is 0 Å². The van der Waals surface area contributed by atoms with E-state index in [1.165, 1.54) is 11.3 Å². The number of benzene rings is 2. The third-order valence-electron chi connectivity index (χ3n) is 4.59. The summed E-state index contributed by atoms with van der Waals surface area (Å²) >= 11 is 1.29. The third kappa shape index (κ3) is 7.24. The molecule has 0 bridgehead atoms. The Morgan fingerprint density at radius 2 is 2.03 bits per heavy atom. The molecule has 0 fully saturated rings. The van der Waals surface area contributed by atoms with Gasteiger partial charge in [-0.25, -0.2) is 13.4 Å². The third-order valence-corrected chi connectivity index (χ3v) is 6.79. The van der Waals surface area contributed by atoms with Gasteiger partial charge >= 0.3 is 0 Å². The SMILES string of the molecule is C=CS(=O)(=O)CCCCC(=O)Nc1cccc(NCC#Cc2cc(O)c3nc(N)sc3c2)c1. The number of thiazole rings is 1. The highest BCUT2D eigenvalue weighted by Crippen LogP contribution is 2.31. The fourth-order valence-electron chi connectivity index (χ4n) is 3.00. The minimum atomic E-state index is -3.23. The number of carbonyl (C=O) groups is 1. The summed E-state index contributed by atoms with van der Waals surface area (Å²) < 4.78 is 23.5. The number of carbonyl (C=O) groups excluding carboxylic acids is 1. The Kier molecular flexibility index (Phi) is 7.92. The topological polar surface area (TPSA) is 134 Å². The lowest BCUT2D eigenvalue weighted by atomic mass is 10.2.